The van der Waals surface area contributed by atoms with E-state index in [2.05, 4.69) is 4.90 Å². The van der Waals surface area contributed by atoms with Crippen LogP contribution in [0.3, 0.4) is 0 Å². The molecule has 5 heteroatoms. The fraction of sp³-hybridized carbons (Fsp3) is 0.588. The number of carboxylic acids is 1. The Morgan fingerprint density at radius 1 is 1.27 bits per heavy atom. The Morgan fingerprint density at radius 3 is 2.82 bits per heavy atom. The van der Waals surface area contributed by atoms with Crippen molar-refractivity contribution in [1.82, 2.24) is 4.90 Å². The topological polar surface area (TPSA) is 59.0 Å². The summed E-state index contributed by atoms with van der Waals surface area (Å²) in [6.07, 6.45) is 3.56. The zero-order valence-corrected chi connectivity index (χ0v) is 12.8. The highest BCUT2D eigenvalue weighted by molar-refractivity contribution is 5.90. The molecule has 0 atom stereocenters. The third kappa shape index (κ3) is 3.42. The Hall–Kier alpha value is -1.59. The fourth-order valence-electron chi connectivity index (χ4n) is 3.49. The van der Waals surface area contributed by atoms with E-state index in [9.17, 15) is 4.79 Å². The van der Waals surface area contributed by atoms with Gasteiger partial charge in [0.1, 0.15) is 17.9 Å². The predicted octanol–water partition coefficient (Wildman–Crippen LogP) is 2.27. The molecule has 5 nitrogen and oxygen atoms in total. The van der Waals surface area contributed by atoms with E-state index in [4.69, 9.17) is 14.6 Å². The maximum Gasteiger partial charge on any atom is 0.339 e. The number of likely N-dealkylation sites (tertiary alicyclic amines) is 1. The van der Waals surface area contributed by atoms with Crippen molar-refractivity contribution in [2.24, 2.45) is 5.41 Å². The second-order valence-electron chi connectivity index (χ2n) is 6.29. The van der Waals surface area contributed by atoms with Gasteiger partial charge >= 0.3 is 5.97 Å². The molecule has 0 saturated carbocycles. The quantitative estimate of drug-likeness (QED) is 0.904. The number of nitrogens with zero attached hydrogens (tertiary/aromatic N) is 1. The average Bonchev–Trinajstić information content (AvgIpc) is 2.91. The van der Waals surface area contributed by atoms with Crippen LogP contribution in [0.4, 0.5) is 0 Å². The van der Waals surface area contributed by atoms with Crippen LogP contribution in [0, 0.1) is 5.41 Å². The second-order valence-corrected chi connectivity index (χ2v) is 6.29. The van der Waals surface area contributed by atoms with Crippen LogP contribution in [0.5, 0.6) is 5.75 Å². The van der Waals surface area contributed by atoms with Gasteiger partial charge in [-0.3, -0.25) is 4.90 Å². The van der Waals surface area contributed by atoms with Gasteiger partial charge in [-0.25, -0.2) is 4.79 Å². The summed E-state index contributed by atoms with van der Waals surface area (Å²) in [4.78, 5) is 13.6. The van der Waals surface area contributed by atoms with E-state index in [0.717, 1.165) is 45.7 Å². The number of carboxylic acid groups (broad SMARTS) is 1. The van der Waals surface area contributed by atoms with Crippen LogP contribution in [-0.2, 0) is 4.74 Å². The van der Waals surface area contributed by atoms with Crippen molar-refractivity contribution in [3.8, 4) is 5.75 Å². The van der Waals surface area contributed by atoms with Crippen molar-refractivity contribution in [2.75, 3.05) is 39.5 Å². The number of ether oxygens (including phenoxy) is 2. The molecule has 0 aromatic heterocycles. The maximum atomic E-state index is 11.1. The third-order valence-corrected chi connectivity index (χ3v) is 4.85. The number of para-hydroxylation sites is 1. The summed E-state index contributed by atoms with van der Waals surface area (Å²) in [5, 5.41) is 9.14. The largest absolute Gasteiger partial charge is 0.491 e. The monoisotopic (exact) mass is 305 g/mol. The Kier molecular flexibility index (Phi) is 4.64. The molecule has 1 aromatic rings. The highest BCUT2D eigenvalue weighted by Gasteiger charge is 2.38. The van der Waals surface area contributed by atoms with Crippen molar-refractivity contribution >= 4 is 5.97 Å². The molecule has 0 unspecified atom stereocenters. The molecular formula is C17H23NO4. The van der Waals surface area contributed by atoms with Crippen molar-refractivity contribution in [3.05, 3.63) is 29.8 Å². The van der Waals surface area contributed by atoms with Gasteiger partial charge in [0.05, 0.1) is 0 Å². The predicted molar refractivity (Wildman–Crippen MR) is 82.4 cm³/mol. The van der Waals surface area contributed by atoms with Crippen molar-refractivity contribution in [3.63, 3.8) is 0 Å². The van der Waals surface area contributed by atoms with E-state index in [1.807, 2.05) is 0 Å². The average molecular weight is 305 g/mol. The van der Waals surface area contributed by atoms with Gasteiger partial charge in [0.2, 0.25) is 0 Å². The van der Waals surface area contributed by atoms with Crippen molar-refractivity contribution < 1.29 is 19.4 Å². The Morgan fingerprint density at radius 2 is 2.05 bits per heavy atom. The standard InChI is InChI=1S/C17H23NO4/c19-16(20)14-3-1-2-4-15(14)22-12-9-18-8-5-17(13-18)6-10-21-11-7-17/h1-4H,5-13H2,(H,19,20). The molecule has 0 aliphatic carbocycles. The molecule has 2 saturated heterocycles. The summed E-state index contributed by atoms with van der Waals surface area (Å²) >= 11 is 0. The lowest BCUT2D eigenvalue weighted by Crippen LogP contribution is -2.34. The highest BCUT2D eigenvalue weighted by Crippen LogP contribution is 2.39. The lowest BCUT2D eigenvalue weighted by molar-refractivity contribution is 0.0189. The molecular weight excluding hydrogens is 282 g/mol. The van der Waals surface area contributed by atoms with Gasteiger partial charge in [0.15, 0.2) is 0 Å². The van der Waals surface area contributed by atoms with Crippen LogP contribution in [0.1, 0.15) is 29.6 Å². The number of aromatic carboxylic acids is 1. The minimum absolute atomic E-state index is 0.227. The van der Waals surface area contributed by atoms with Crippen LogP contribution in [0.15, 0.2) is 24.3 Å². The van der Waals surface area contributed by atoms with Gasteiger partial charge in [-0.15, -0.1) is 0 Å². The number of rotatable bonds is 5. The summed E-state index contributed by atoms with van der Waals surface area (Å²) in [6.45, 7) is 5.35. The van der Waals surface area contributed by atoms with E-state index in [1.54, 1.807) is 24.3 Å². The smallest absolute Gasteiger partial charge is 0.339 e. The molecule has 1 aromatic carbocycles. The van der Waals surface area contributed by atoms with Gasteiger partial charge in [0.25, 0.3) is 0 Å². The van der Waals surface area contributed by atoms with E-state index < -0.39 is 5.97 Å². The van der Waals surface area contributed by atoms with Crippen LogP contribution < -0.4 is 4.74 Å². The van der Waals surface area contributed by atoms with E-state index in [1.165, 1.54) is 6.42 Å². The molecule has 1 spiro atoms. The molecule has 0 amide bonds. The fourth-order valence-corrected chi connectivity index (χ4v) is 3.49. The molecule has 0 radical (unpaired) electrons. The zero-order valence-electron chi connectivity index (χ0n) is 12.8. The van der Waals surface area contributed by atoms with Gasteiger partial charge in [-0.2, -0.15) is 0 Å². The molecule has 1 N–H and O–H groups in total. The van der Waals surface area contributed by atoms with Crippen molar-refractivity contribution in [1.29, 1.82) is 0 Å². The SMILES string of the molecule is O=C(O)c1ccccc1OCCN1CCC2(CCOCC2)C1. The van der Waals surface area contributed by atoms with Crippen LogP contribution >= 0.6 is 0 Å². The summed E-state index contributed by atoms with van der Waals surface area (Å²) in [6, 6.07) is 6.80. The Balaban J connectivity index is 1.49. The molecule has 0 bridgehead atoms. The Bertz CT molecular complexity index is 525. The number of hydrogen-bond donors (Lipinski definition) is 1. The number of carbonyl (C=O) groups is 1. The second kappa shape index (κ2) is 6.67. The number of benzene rings is 1. The first-order chi connectivity index (χ1) is 10.7. The van der Waals surface area contributed by atoms with Crippen LogP contribution in [0.2, 0.25) is 0 Å². The molecule has 22 heavy (non-hydrogen) atoms. The Labute approximate surface area is 130 Å². The number of hydrogen-bond acceptors (Lipinski definition) is 4. The minimum atomic E-state index is -0.946. The zero-order chi connectivity index (χ0) is 15.4. The van der Waals surface area contributed by atoms with E-state index in [-0.39, 0.29) is 5.56 Å². The summed E-state index contributed by atoms with van der Waals surface area (Å²) in [5.41, 5.74) is 0.668. The van der Waals surface area contributed by atoms with E-state index >= 15 is 0 Å². The molecule has 3 rings (SSSR count). The normalized spacial score (nSPS) is 21.1. The molecule has 2 heterocycles. The van der Waals surface area contributed by atoms with Gasteiger partial charge in [-0.1, -0.05) is 12.1 Å². The molecule has 2 fully saturated rings. The molecule has 2 aliphatic heterocycles. The van der Waals surface area contributed by atoms with Crippen LogP contribution in [-0.4, -0.2) is 55.4 Å². The van der Waals surface area contributed by atoms with Crippen LogP contribution in [0.25, 0.3) is 0 Å². The summed E-state index contributed by atoms with van der Waals surface area (Å²) in [7, 11) is 0. The third-order valence-electron chi connectivity index (χ3n) is 4.85. The molecule has 120 valence electrons. The summed E-state index contributed by atoms with van der Waals surface area (Å²) in [5.74, 6) is -0.493. The maximum absolute atomic E-state index is 11.1. The van der Waals surface area contributed by atoms with Gasteiger partial charge in [0, 0.05) is 26.3 Å². The van der Waals surface area contributed by atoms with Gasteiger partial charge in [-0.05, 0) is 43.4 Å². The lowest BCUT2D eigenvalue weighted by Gasteiger charge is -2.33. The first-order valence-electron chi connectivity index (χ1n) is 7.94. The van der Waals surface area contributed by atoms with Gasteiger partial charge < -0.3 is 14.6 Å². The minimum Gasteiger partial charge on any atom is -0.491 e. The van der Waals surface area contributed by atoms with E-state index in [0.29, 0.717) is 17.8 Å². The summed E-state index contributed by atoms with van der Waals surface area (Å²) < 4.78 is 11.2. The molecule has 2 aliphatic rings. The first kappa shape index (κ1) is 15.3. The first-order valence-corrected chi connectivity index (χ1v) is 7.94. The highest BCUT2D eigenvalue weighted by atomic mass is 16.5. The van der Waals surface area contributed by atoms with Crippen molar-refractivity contribution in [2.45, 2.75) is 19.3 Å². The lowest BCUT2D eigenvalue weighted by atomic mass is 9.80.